The van der Waals surface area contributed by atoms with Gasteiger partial charge in [0.05, 0.1) is 18.0 Å². The van der Waals surface area contributed by atoms with Crippen LogP contribution < -0.4 is 16.5 Å². The molecule has 0 spiro atoms. The fraction of sp³-hybridized carbons (Fsp3) is 0.364. The van der Waals surface area contributed by atoms with Crippen molar-refractivity contribution in [1.82, 2.24) is 0 Å². The van der Waals surface area contributed by atoms with Crippen LogP contribution in [0.2, 0.25) is 0 Å². The van der Waals surface area contributed by atoms with E-state index in [1.807, 2.05) is 0 Å². The average molecular weight is 221 g/mol. The molecule has 0 aromatic heterocycles. The predicted molar refractivity (Wildman–Crippen MR) is 61.9 cm³/mol. The molecule has 1 aromatic carbocycles. The van der Waals surface area contributed by atoms with E-state index in [4.69, 9.17) is 16.3 Å². The molecule has 1 aliphatic heterocycles. The fourth-order valence-electron chi connectivity index (χ4n) is 1.70. The molecule has 86 valence electrons. The summed E-state index contributed by atoms with van der Waals surface area (Å²) >= 11 is 0. The van der Waals surface area contributed by atoms with Crippen molar-refractivity contribution in [3.63, 3.8) is 0 Å². The lowest BCUT2D eigenvalue weighted by Crippen LogP contribution is -2.30. The summed E-state index contributed by atoms with van der Waals surface area (Å²) in [6.07, 6.45) is 2.10. The molecule has 1 aliphatic rings. The first kappa shape index (κ1) is 10.8. The van der Waals surface area contributed by atoms with Gasteiger partial charge in [-0.15, -0.1) is 0 Å². The van der Waals surface area contributed by atoms with Crippen LogP contribution in [0.15, 0.2) is 18.2 Å². The molecule has 1 saturated heterocycles. The highest BCUT2D eigenvalue weighted by atomic mass is 16.7. The van der Waals surface area contributed by atoms with Crippen LogP contribution >= 0.6 is 0 Å². The van der Waals surface area contributed by atoms with Gasteiger partial charge in [-0.25, -0.2) is 0 Å². The van der Waals surface area contributed by atoms with Gasteiger partial charge in [0.25, 0.3) is 0 Å². The van der Waals surface area contributed by atoms with Crippen LogP contribution in [0, 0.1) is 0 Å². The normalized spacial score (nSPS) is 16.1. The molecule has 1 fully saturated rings. The summed E-state index contributed by atoms with van der Waals surface area (Å²) in [5.74, 6) is -0.460. The second kappa shape index (κ2) is 4.40. The van der Waals surface area contributed by atoms with Crippen LogP contribution in [0.1, 0.15) is 23.2 Å². The van der Waals surface area contributed by atoms with Crippen LogP contribution in [-0.4, -0.2) is 19.1 Å². The number of amides is 1. The number of rotatable bonds is 2. The van der Waals surface area contributed by atoms with Crippen LogP contribution in [0.25, 0.3) is 0 Å². The number of carbonyl (C=O) groups is 1. The minimum absolute atomic E-state index is 0.443. The van der Waals surface area contributed by atoms with E-state index in [1.54, 1.807) is 23.3 Å². The van der Waals surface area contributed by atoms with Gasteiger partial charge in [0.15, 0.2) is 0 Å². The number of nitrogen functional groups attached to an aromatic ring is 1. The van der Waals surface area contributed by atoms with E-state index in [9.17, 15) is 4.79 Å². The van der Waals surface area contributed by atoms with Crippen molar-refractivity contribution >= 4 is 17.3 Å². The topological polar surface area (TPSA) is 81.6 Å². The van der Waals surface area contributed by atoms with E-state index in [-0.39, 0.29) is 0 Å². The summed E-state index contributed by atoms with van der Waals surface area (Å²) in [6, 6.07) is 4.96. The van der Waals surface area contributed by atoms with Crippen molar-refractivity contribution in [2.45, 2.75) is 12.8 Å². The maximum absolute atomic E-state index is 11.1. The van der Waals surface area contributed by atoms with Gasteiger partial charge in [-0.05, 0) is 31.0 Å². The minimum Gasteiger partial charge on any atom is -0.397 e. The minimum atomic E-state index is -0.460. The maximum atomic E-state index is 11.1. The fourth-order valence-corrected chi connectivity index (χ4v) is 1.70. The monoisotopic (exact) mass is 221 g/mol. The Labute approximate surface area is 93.9 Å². The van der Waals surface area contributed by atoms with E-state index in [0.29, 0.717) is 17.9 Å². The molecule has 1 amide bonds. The van der Waals surface area contributed by atoms with Gasteiger partial charge in [0.1, 0.15) is 0 Å². The second-order valence-electron chi connectivity index (χ2n) is 3.78. The third kappa shape index (κ3) is 2.09. The number of nitrogens with two attached hydrogens (primary N) is 2. The number of carbonyl (C=O) groups excluding carboxylic acids is 1. The highest BCUT2D eigenvalue weighted by Gasteiger charge is 2.15. The summed E-state index contributed by atoms with van der Waals surface area (Å²) in [6.45, 7) is 1.46. The molecule has 1 heterocycles. The van der Waals surface area contributed by atoms with E-state index >= 15 is 0 Å². The van der Waals surface area contributed by atoms with E-state index in [2.05, 4.69) is 0 Å². The van der Waals surface area contributed by atoms with Crippen LogP contribution in [0.3, 0.4) is 0 Å². The molecule has 5 heteroatoms. The molecule has 0 aliphatic carbocycles. The number of primary amides is 1. The number of benzene rings is 1. The van der Waals surface area contributed by atoms with Crippen molar-refractivity contribution in [3.8, 4) is 0 Å². The number of anilines is 2. The largest absolute Gasteiger partial charge is 0.397 e. The Morgan fingerprint density at radius 1 is 1.38 bits per heavy atom. The van der Waals surface area contributed by atoms with E-state index < -0.39 is 5.91 Å². The van der Waals surface area contributed by atoms with E-state index in [1.165, 1.54) is 0 Å². The molecule has 0 saturated carbocycles. The van der Waals surface area contributed by atoms with Gasteiger partial charge in [-0.2, -0.15) is 0 Å². The van der Waals surface area contributed by atoms with Gasteiger partial charge in [-0.3, -0.25) is 14.7 Å². The number of nitrogens with zero attached hydrogens (tertiary/aromatic N) is 1. The molecule has 5 nitrogen and oxygen atoms in total. The Morgan fingerprint density at radius 2 is 2.19 bits per heavy atom. The third-order valence-corrected chi connectivity index (χ3v) is 2.59. The van der Waals surface area contributed by atoms with Gasteiger partial charge in [0.2, 0.25) is 5.91 Å². The zero-order valence-corrected chi connectivity index (χ0v) is 8.98. The molecule has 2 rings (SSSR count). The van der Waals surface area contributed by atoms with Crippen LogP contribution in [-0.2, 0) is 4.84 Å². The Bertz CT molecular complexity index is 400. The second-order valence-corrected chi connectivity index (χ2v) is 3.78. The third-order valence-electron chi connectivity index (χ3n) is 2.59. The molecule has 0 bridgehead atoms. The highest BCUT2D eigenvalue weighted by molar-refractivity contribution is 5.94. The average Bonchev–Trinajstić information content (AvgIpc) is 2.30. The van der Waals surface area contributed by atoms with Gasteiger partial charge >= 0.3 is 0 Å². The number of hydrogen-bond donors (Lipinski definition) is 2. The summed E-state index contributed by atoms with van der Waals surface area (Å²) in [5.41, 5.74) is 12.8. The van der Waals surface area contributed by atoms with Crippen molar-refractivity contribution in [2.24, 2.45) is 5.73 Å². The standard InChI is InChI=1S/C11H15N3O2/c12-9-4-3-8(11(13)15)7-10(9)14-5-1-2-6-16-14/h3-4,7H,1-2,5-6,12H2,(H2,13,15). The molecular formula is C11H15N3O2. The lowest BCUT2D eigenvalue weighted by Gasteiger charge is -2.29. The summed E-state index contributed by atoms with van der Waals surface area (Å²) in [5, 5.41) is 1.73. The van der Waals surface area contributed by atoms with Crippen molar-refractivity contribution in [1.29, 1.82) is 0 Å². The first-order valence-corrected chi connectivity index (χ1v) is 5.28. The first-order valence-electron chi connectivity index (χ1n) is 5.28. The Kier molecular flexibility index (Phi) is 2.96. The molecule has 4 N–H and O–H groups in total. The first-order chi connectivity index (χ1) is 7.68. The molecule has 1 aromatic rings. The van der Waals surface area contributed by atoms with Crippen LogP contribution in [0.5, 0.6) is 0 Å². The SMILES string of the molecule is NC(=O)c1ccc(N)c(N2CCCCO2)c1. The van der Waals surface area contributed by atoms with Crippen molar-refractivity contribution in [2.75, 3.05) is 23.9 Å². The summed E-state index contributed by atoms with van der Waals surface area (Å²) in [7, 11) is 0. The number of hydroxylamine groups is 1. The van der Waals surface area contributed by atoms with Crippen molar-refractivity contribution < 1.29 is 9.63 Å². The lowest BCUT2D eigenvalue weighted by atomic mass is 10.1. The Hall–Kier alpha value is -1.75. The molecule has 0 unspecified atom stereocenters. The summed E-state index contributed by atoms with van der Waals surface area (Å²) < 4.78 is 0. The van der Waals surface area contributed by atoms with Gasteiger partial charge < -0.3 is 11.5 Å². The lowest BCUT2D eigenvalue weighted by molar-refractivity contribution is 0.0781. The highest BCUT2D eigenvalue weighted by Crippen LogP contribution is 2.26. The maximum Gasteiger partial charge on any atom is 0.248 e. The molecule has 0 radical (unpaired) electrons. The van der Waals surface area contributed by atoms with Gasteiger partial charge in [-0.1, -0.05) is 0 Å². The zero-order valence-electron chi connectivity index (χ0n) is 8.98. The molecule has 0 atom stereocenters. The molecular weight excluding hydrogens is 206 g/mol. The Balaban J connectivity index is 2.30. The Morgan fingerprint density at radius 3 is 2.81 bits per heavy atom. The molecule has 16 heavy (non-hydrogen) atoms. The zero-order chi connectivity index (χ0) is 11.5. The van der Waals surface area contributed by atoms with E-state index in [0.717, 1.165) is 25.1 Å². The smallest absolute Gasteiger partial charge is 0.248 e. The van der Waals surface area contributed by atoms with Crippen molar-refractivity contribution in [3.05, 3.63) is 23.8 Å². The predicted octanol–water partition coefficient (Wildman–Crippen LogP) is 0.899. The number of hydrogen-bond acceptors (Lipinski definition) is 4. The van der Waals surface area contributed by atoms with Gasteiger partial charge in [0, 0.05) is 12.1 Å². The quantitative estimate of drug-likeness (QED) is 0.727. The van der Waals surface area contributed by atoms with Crippen LogP contribution in [0.4, 0.5) is 11.4 Å². The summed E-state index contributed by atoms with van der Waals surface area (Å²) in [4.78, 5) is 16.6.